The van der Waals surface area contributed by atoms with Crippen molar-refractivity contribution in [2.45, 2.75) is 6.42 Å². The van der Waals surface area contributed by atoms with Crippen LogP contribution in [0, 0.1) is 0 Å². The van der Waals surface area contributed by atoms with E-state index >= 15 is 0 Å². The summed E-state index contributed by atoms with van der Waals surface area (Å²) >= 11 is 5.77. The van der Waals surface area contributed by atoms with Crippen molar-refractivity contribution in [2.75, 3.05) is 11.9 Å². The van der Waals surface area contributed by atoms with Crippen molar-refractivity contribution in [3.63, 3.8) is 0 Å². The molecule has 1 aliphatic rings. The van der Waals surface area contributed by atoms with Crippen molar-refractivity contribution < 1.29 is 4.79 Å². The van der Waals surface area contributed by atoms with Gasteiger partial charge in [0.15, 0.2) is 0 Å². The predicted octanol–water partition coefficient (Wildman–Crippen LogP) is 0.649. The second kappa shape index (κ2) is 2.42. The number of carbonyl (C=O) groups excluding carboxylic acids is 1. The van der Waals surface area contributed by atoms with Gasteiger partial charge in [-0.25, -0.2) is 9.97 Å². The van der Waals surface area contributed by atoms with Gasteiger partial charge in [-0.3, -0.25) is 9.69 Å². The molecule has 0 fully saturated rings. The van der Waals surface area contributed by atoms with Crippen molar-refractivity contribution in [3.05, 3.63) is 17.0 Å². The van der Waals surface area contributed by atoms with Gasteiger partial charge in [-0.2, -0.15) is 0 Å². The van der Waals surface area contributed by atoms with Gasteiger partial charge in [-0.15, -0.1) is 0 Å². The lowest BCUT2D eigenvalue weighted by molar-refractivity contribution is -0.117. The number of amides is 1. The van der Waals surface area contributed by atoms with Crippen molar-refractivity contribution in [3.8, 4) is 0 Å². The fourth-order valence-corrected chi connectivity index (χ4v) is 1.41. The summed E-state index contributed by atoms with van der Waals surface area (Å²) in [5.41, 5.74) is 0.728. The number of hydrogen-bond donors (Lipinski definition) is 0. The maximum atomic E-state index is 11.2. The molecule has 0 saturated heterocycles. The van der Waals surface area contributed by atoms with Crippen LogP contribution in [0.25, 0.3) is 0 Å². The van der Waals surface area contributed by atoms with Crippen LogP contribution in [0.4, 0.5) is 5.82 Å². The highest BCUT2D eigenvalue weighted by Crippen LogP contribution is 2.28. The Labute approximate surface area is 74.2 Å². The lowest BCUT2D eigenvalue weighted by Crippen LogP contribution is -2.21. The third-order valence-electron chi connectivity index (χ3n) is 1.89. The van der Waals surface area contributed by atoms with Gasteiger partial charge in [0.2, 0.25) is 5.91 Å². The normalized spacial score (nSPS) is 15.2. The molecule has 0 aromatic carbocycles. The summed E-state index contributed by atoms with van der Waals surface area (Å²) in [6.45, 7) is 0. The molecule has 1 aromatic heterocycles. The topological polar surface area (TPSA) is 46.1 Å². The molecule has 0 aliphatic carbocycles. The number of carbonyl (C=O) groups is 1. The molecule has 0 bridgehead atoms. The van der Waals surface area contributed by atoms with Crippen LogP contribution < -0.4 is 4.90 Å². The molecule has 0 N–H and O–H groups in total. The van der Waals surface area contributed by atoms with Gasteiger partial charge in [-0.1, -0.05) is 11.6 Å². The van der Waals surface area contributed by atoms with E-state index in [4.69, 9.17) is 11.6 Å². The van der Waals surface area contributed by atoms with Crippen LogP contribution in [0.15, 0.2) is 6.33 Å². The molecule has 0 spiro atoms. The second-order valence-corrected chi connectivity index (χ2v) is 2.95. The van der Waals surface area contributed by atoms with Crippen LogP contribution in [0.1, 0.15) is 5.56 Å². The Balaban J connectivity index is 2.60. The molecule has 0 atom stereocenters. The molecule has 1 amide bonds. The Hall–Kier alpha value is -1.16. The van der Waals surface area contributed by atoms with E-state index < -0.39 is 0 Å². The van der Waals surface area contributed by atoms with Crippen molar-refractivity contribution in [2.24, 2.45) is 0 Å². The van der Waals surface area contributed by atoms with Crippen LogP contribution in [-0.2, 0) is 11.2 Å². The Morgan fingerprint density at radius 1 is 1.58 bits per heavy atom. The fourth-order valence-electron chi connectivity index (χ4n) is 1.21. The zero-order chi connectivity index (χ0) is 8.72. The van der Waals surface area contributed by atoms with E-state index in [1.165, 1.54) is 11.2 Å². The highest BCUT2D eigenvalue weighted by Gasteiger charge is 2.27. The smallest absolute Gasteiger partial charge is 0.232 e. The number of nitrogens with zero attached hydrogens (tertiary/aromatic N) is 3. The Morgan fingerprint density at radius 2 is 2.33 bits per heavy atom. The molecular formula is C7H6ClN3O. The molecule has 2 heterocycles. The monoisotopic (exact) mass is 183 g/mol. The molecule has 0 unspecified atom stereocenters. The third-order valence-corrected chi connectivity index (χ3v) is 2.22. The van der Waals surface area contributed by atoms with E-state index in [9.17, 15) is 4.79 Å². The van der Waals surface area contributed by atoms with E-state index in [1.807, 2.05) is 0 Å². The van der Waals surface area contributed by atoms with Crippen LogP contribution in [0.3, 0.4) is 0 Å². The van der Waals surface area contributed by atoms with Gasteiger partial charge < -0.3 is 0 Å². The number of fused-ring (bicyclic) bond motifs is 1. The SMILES string of the molecule is CN1C(=O)Cc2c(Cl)ncnc21. The maximum absolute atomic E-state index is 11.2. The minimum atomic E-state index is 0.00685. The molecule has 0 saturated carbocycles. The molecule has 2 rings (SSSR count). The molecule has 62 valence electrons. The third kappa shape index (κ3) is 0.881. The number of halogens is 1. The molecule has 1 aliphatic heterocycles. The number of anilines is 1. The quantitative estimate of drug-likeness (QED) is 0.555. The van der Waals surface area contributed by atoms with Crippen molar-refractivity contribution >= 4 is 23.3 Å². The van der Waals surface area contributed by atoms with Gasteiger partial charge in [0, 0.05) is 12.6 Å². The van der Waals surface area contributed by atoms with Gasteiger partial charge in [-0.05, 0) is 0 Å². The van der Waals surface area contributed by atoms with E-state index in [-0.39, 0.29) is 5.91 Å². The molecule has 0 radical (unpaired) electrons. The summed E-state index contributed by atoms with van der Waals surface area (Å²) in [4.78, 5) is 20.4. The zero-order valence-electron chi connectivity index (χ0n) is 6.41. The largest absolute Gasteiger partial charge is 0.299 e. The van der Waals surface area contributed by atoms with E-state index in [0.717, 1.165) is 5.56 Å². The average Bonchev–Trinajstić information content (AvgIpc) is 2.32. The summed E-state index contributed by atoms with van der Waals surface area (Å²) in [6.07, 6.45) is 1.67. The molecule has 12 heavy (non-hydrogen) atoms. The summed E-state index contributed by atoms with van der Waals surface area (Å²) in [5.74, 6) is 0.632. The highest BCUT2D eigenvalue weighted by molar-refractivity contribution is 6.31. The average molecular weight is 184 g/mol. The molecule has 4 nitrogen and oxygen atoms in total. The van der Waals surface area contributed by atoms with Crippen LogP contribution in [0.5, 0.6) is 0 Å². The fraction of sp³-hybridized carbons (Fsp3) is 0.286. The Morgan fingerprint density at radius 3 is 3.00 bits per heavy atom. The Kier molecular flexibility index (Phi) is 1.51. The minimum Gasteiger partial charge on any atom is -0.299 e. The van der Waals surface area contributed by atoms with E-state index in [2.05, 4.69) is 9.97 Å². The first kappa shape index (κ1) is 7.49. The van der Waals surface area contributed by atoms with Gasteiger partial charge >= 0.3 is 0 Å². The van der Waals surface area contributed by atoms with Gasteiger partial charge in [0.1, 0.15) is 17.3 Å². The lowest BCUT2D eigenvalue weighted by atomic mass is 10.3. The molecular weight excluding hydrogens is 178 g/mol. The molecule has 5 heteroatoms. The minimum absolute atomic E-state index is 0.00685. The van der Waals surface area contributed by atoms with Gasteiger partial charge in [0.05, 0.1) is 6.42 Å². The van der Waals surface area contributed by atoms with Crippen molar-refractivity contribution in [1.29, 1.82) is 0 Å². The highest BCUT2D eigenvalue weighted by atomic mass is 35.5. The summed E-state index contributed by atoms with van der Waals surface area (Å²) < 4.78 is 0. The first-order chi connectivity index (χ1) is 5.70. The first-order valence-electron chi connectivity index (χ1n) is 3.46. The first-order valence-corrected chi connectivity index (χ1v) is 3.84. The van der Waals surface area contributed by atoms with Crippen molar-refractivity contribution in [1.82, 2.24) is 9.97 Å². The maximum Gasteiger partial charge on any atom is 0.232 e. The number of rotatable bonds is 0. The van der Waals surface area contributed by atoms with Gasteiger partial charge in [0.25, 0.3) is 0 Å². The van der Waals surface area contributed by atoms with Crippen LogP contribution >= 0.6 is 11.6 Å². The summed E-state index contributed by atoms with van der Waals surface area (Å²) in [7, 11) is 1.68. The van der Waals surface area contributed by atoms with Crippen LogP contribution in [0.2, 0.25) is 5.15 Å². The lowest BCUT2D eigenvalue weighted by Gasteiger charge is -2.07. The van der Waals surface area contributed by atoms with E-state index in [0.29, 0.717) is 17.4 Å². The summed E-state index contributed by atoms with van der Waals surface area (Å²) in [5, 5.41) is 0.373. The van der Waals surface area contributed by atoms with Crippen LogP contribution in [-0.4, -0.2) is 22.9 Å². The van der Waals surface area contributed by atoms with E-state index in [1.54, 1.807) is 7.05 Å². The zero-order valence-corrected chi connectivity index (χ0v) is 7.17. The molecule has 1 aromatic rings. The number of aromatic nitrogens is 2. The predicted molar refractivity (Wildman–Crippen MR) is 44.2 cm³/mol. The summed E-state index contributed by atoms with van der Waals surface area (Å²) in [6, 6.07) is 0. The standard InChI is InChI=1S/C7H6ClN3O/c1-11-5(12)2-4-6(8)9-3-10-7(4)11/h3H,2H2,1H3. The second-order valence-electron chi connectivity index (χ2n) is 2.60. The number of likely N-dealkylation sites (N-methyl/N-ethyl adjacent to an activating group) is 1. The Bertz CT molecular complexity index is 353. The number of hydrogen-bond acceptors (Lipinski definition) is 3.